The Bertz CT molecular complexity index is 549. The van der Waals surface area contributed by atoms with Gasteiger partial charge in [0, 0.05) is 11.1 Å². The van der Waals surface area contributed by atoms with Gasteiger partial charge in [-0.25, -0.2) is 4.98 Å². The molecule has 0 spiro atoms. The summed E-state index contributed by atoms with van der Waals surface area (Å²) >= 11 is 0. The lowest BCUT2D eigenvalue weighted by Crippen LogP contribution is -2.42. The number of benzene rings is 1. The Hall–Kier alpha value is -1.61. The van der Waals surface area contributed by atoms with Crippen molar-refractivity contribution >= 4 is 10.9 Å². The highest BCUT2D eigenvalue weighted by molar-refractivity contribution is 5.84. The first-order chi connectivity index (χ1) is 8.83. The molecule has 0 atom stereocenters. The third-order valence-corrected chi connectivity index (χ3v) is 3.47. The summed E-state index contributed by atoms with van der Waals surface area (Å²) in [5.74, 6) is 1.69. The molecule has 1 saturated heterocycles. The summed E-state index contributed by atoms with van der Waals surface area (Å²) in [7, 11) is 0. The van der Waals surface area contributed by atoms with E-state index in [0.717, 1.165) is 54.4 Å². The van der Waals surface area contributed by atoms with Gasteiger partial charge in [0.05, 0.1) is 6.61 Å². The number of nitrogens with zero attached hydrogens (tertiary/aromatic N) is 1. The van der Waals surface area contributed by atoms with E-state index in [0.29, 0.717) is 0 Å². The fraction of sp³-hybridized carbons (Fsp3) is 0.400. The van der Waals surface area contributed by atoms with Crippen molar-refractivity contribution in [3.05, 3.63) is 36.0 Å². The Labute approximate surface area is 107 Å². The summed E-state index contributed by atoms with van der Waals surface area (Å²) in [5.41, 5.74) is 2.01. The largest absolute Gasteiger partial charge is 0.491 e. The van der Waals surface area contributed by atoms with Gasteiger partial charge in [0.15, 0.2) is 0 Å². The van der Waals surface area contributed by atoms with E-state index in [4.69, 9.17) is 4.74 Å². The van der Waals surface area contributed by atoms with Gasteiger partial charge in [-0.15, -0.1) is 0 Å². The minimum Gasteiger partial charge on any atom is -0.491 e. The molecule has 1 aliphatic heterocycles. The Kier molecular flexibility index (Phi) is 3.15. The molecule has 1 aromatic carbocycles. The van der Waals surface area contributed by atoms with Crippen LogP contribution >= 0.6 is 0 Å². The molecule has 3 heteroatoms. The summed E-state index contributed by atoms with van der Waals surface area (Å²) < 4.78 is 5.89. The fourth-order valence-electron chi connectivity index (χ4n) is 2.22. The first kappa shape index (κ1) is 11.5. The topological polar surface area (TPSA) is 34.1 Å². The number of rotatable bonds is 4. The van der Waals surface area contributed by atoms with Crippen molar-refractivity contribution in [2.75, 3.05) is 19.7 Å². The second-order valence-corrected chi connectivity index (χ2v) is 4.94. The maximum atomic E-state index is 5.89. The van der Waals surface area contributed by atoms with Crippen LogP contribution in [0.3, 0.4) is 0 Å². The van der Waals surface area contributed by atoms with Crippen molar-refractivity contribution in [2.24, 2.45) is 5.92 Å². The predicted molar refractivity (Wildman–Crippen MR) is 73.0 cm³/mol. The average Bonchev–Trinajstić information content (AvgIpc) is 2.32. The fourth-order valence-corrected chi connectivity index (χ4v) is 2.22. The molecule has 1 N–H and O–H groups in total. The van der Waals surface area contributed by atoms with Crippen molar-refractivity contribution in [1.29, 1.82) is 0 Å². The smallest absolute Gasteiger partial charge is 0.145 e. The molecule has 18 heavy (non-hydrogen) atoms. The van der Waals surface area contributed by atoms with Crippen LogP contribution in [0.25, 0.3) is 10.9 Å². The summed E-state index contributed by atoms with van der Waals surface area (Å²) in [5, 5.41) is 4.42. The number of ether oxygens (including phenoxy) is 1. The van der Waals surface area contributed by atoms with Gasteiger partial charge in [0.1, 0.15) is 11.3 Å². The molecule has 0 saturated carbocycles. The third kappa shape index (κ3) is 2.31. The lowest BCUT2D eigenvalue weighted by molar-refractivity contribution is 0.240. The number of aryl methyl sites for hydroxylation is 1. The van der Waals surface area contributed by atoms with Crippen LogP contribution in [0.5, 0.6) is 5.75 Å². The molecule has 0 radical (unpaired) electrons. The van der Waals surface area contributed by atoms with E-state index >= 15 is 0 Å². The molecule has 0 amide bonds. The van der Waals surface area contributed by atoms with E-state index in [9.17, 15) is 0 Å². The Balaban J connectivity index is 1.75. The van der Waals surface area contributed by atoms with Crippen molar-refractivity contribution < 1.29 is 4.74 Å². The molecule has 0 bridgehead atoms. The van der Waals surface area contributed by atoms with Crippen molar-refractivity contribution in [3.63, 3.8) is 0 Å². The molecule has 3 rings (SSSR count). The number of hydrogen-bond acceptors (Lipinski definition) is 3. The van der Waals surface area contributed by atoms with E-state index in [1.807, 2.05) is 25.1 Å². The minimum atomic E-state index is 0.779. The summed E-state index contributed by atoms with van der Waals surface area (Å²) in [4.78, 5) is 4.57. The quantitative estimate of drug-likeness (QED) is 0.894. The van der Waals surface area contributed by atoms with E-state index < -0.39 is 0 Å². The average molecular weight is 242 g/mol. The van der Waals surface area contributed by atoms with Gasteiger partial charge in [-0.2, -0.15) is 0 Å². The molecule has 94 valence electrons. The van der Waals surface area contributed by atoms with E-state index in [1.165, 1.54) is 0 Å². The number of para-hydroxylation sites is 1. The molecule has 2 heterocycles. The molecule has 1 fully saturated rings. The highest BCUT2D eigenvalue weighted by Crippen LogP contribution is 2.24. The van der Waals surface area contributed by atoms with E-state index in [2.05, 4.69) is 22.4 Å². The SMILES string of the molecule is Cc1ccc2cccc(OCCC3CNC3)c2n1. The molecule has 0 aliphatic carbocycles. The van der Waals surface area contributed by atoms with E-state index in [-0.39, 0.29) is 0 Å². The standard InChI is InChI=1S/C15H18N2O/c1-11-5-6-13-3-2-4-14(15(13)17-11)18-8-7-12-9-16-10-12/h2-6,12,16H,7-10H2,1H3. The van der Waals surface area contributed by atoms with Crippen LogP contribution in [0.4, 0.5) is 0 Å². The lowest BCUT2D eigenvalue weighted by atomic mass is 10.0. The second kappa shape index (κ2) is 4.94. The zero-order chi connectivity index (χ0) is 12.4. The van der Waals surface area contributed by atoms with Gasteiger partial charge in [-0.1, -0.05) is 18.2 Å². The number of fused-ring (bicyclic) bond motifs is 1. The Morgan fingerprint density at radius 3 is 2.94 bits per heavy atom. The number of nitrogens with one attached hydrogen (secondary N) is 1. The maximum absolute atomic E-state index is 5.89. The van der Waals surface area contributed by atoms with Gasteiger partial charge in [-0.05, 0) is 44.5 Å². The van der Waals surface area contributed by atoms with Gasteiger partial charge in [-0.3, -0.25) is 0 Å². The van der Waals surface area contributed by atoms with Gasteiger partial charge < -0.3 is 10.1 Å². The van der Waals surface area contributed by atoms with Crippen LogP contribution in [0.1, 0.15) is 12.1 Å². The van der Waals surface area contributed by atoms with Gasteiger partial charge >= 0.3 is 0 Å². The predicted octanol–water partition coefficient (Wildman–Crippen LogP) is 2.53. The summed E-state index contributed by atoms with van der Waals surface area (Å²) in [6.07, 6.45) is 1.12. The van der Waals surface area contributed by atoms with Crippen molar-refractivity contribution in [2.45, 2.75) is 13.3 Å². The van der Waals surface area contributed by atoms with Crippen LogP contribution in [0.15, 0.2) is 30.3 Å². The van der Waals surface area contributed by atoms with Crippen molar-refractivity contribution in [1.82, 2.24) is 10.3 Å². The summed E-state index contributed by atoms with van der Waals surface area (Å²) in [6.45, 7) is 5.06. The monoisotopic (exact) mass is 242 g/mol. The van der Waals surface area contributed by atoms with Crippen LogP contribution in [0, 0.1) is 12.8 Å². The molecule has 1 aliphatic rings. The molecule has 2 aromatic rings. The minimum absolute atomic E-state index is 0.779. The highest BCUT2D eigenvalue weighted by atomic mass is 16.5. The highest BCUT2D eigenvalue weighted by Gasteiger charge is 2.16. The summed E-state index contributed by atoms with van der Waals surface area (Å²) in [6, 6.07) is 10.2. The van der Waals surface area contributed by atoms with Crippen molar-refractivity contribution in [3.8, 4) is 5.75 Å². The zero-order valence-electron chi connectivity index (χ0n) is 10.6. The maximum Gasteiger partial charge on any atom is 0.145 e. The number of aromatic nitrogens is 1. The van der Waals surface area contributed by atoms with Crippen LogP contribution in [-0.4, -0.2) is 24.7 Å². The Morgan fingerprint density at radius 2 is 2.17 bits per heavy atom. The lowest BCUT2D eigenvalue weighted by Gasteiger charge is -2.26. The van der Waals surface area contributed by atoms with Crippen LogP contribution in [-0.2, 0) is 0 Å². The first-order valence-corrected chi connectivity index (χ1v) is 6.53. The Morgan fingerprint density at radius 1 is 1.28 bits per heavy atom. The van der Waals surface area contributed by atoms with Crippen LogP contribution in [0.2, 0.25) is 0 Å². The van der Waals surface area contributed by atoms with E-state index in [1.54, 1.807) is 0 Å². The normalized spacial score (nSPS) is 15.6. The van der Waals surface area contributed by atoms with Gasteiger partial charge in [0.2, 0.25) is 0 Å². The molecule has 3 nitrogen and oxygen atoms in total. The molecular weight excluding hydrogens is 224 g/mol. The molecule has 0 unspecified atom stereocenters. The number of hydrogen-bond donors (Lipinski definition) is 1. The second-order valence-electron chi connectivity index (χ2n) is 4.94. The molecular formula is C15H18N2O. The third-order valence-electron chi connectivity index (χ3n) is 3.47. The number of pyridine rings is 1. The molecule has 1 aromatic heterocycles. The first-order valence-electron chi connectivity index (χ1n) is 6.53. The van der Waals surface area contributed by atoms with Crippen LogP contribution < -0.4 is 10.1 Å². The zero-order valence-corrected chi connectivity index (χ0v) is 10.6. The van der Waals surface area contributed by atoms with Gasteiger partial charge in [0.25, 0.3) is 0 Å².